The fourth-order valence-electron chi connectivity index (χ4n) is 2.34. The summed E-state index contributed by atoms with van der Waals surface area (Å²) < 4.78 is 5.23. The monoisotopic (exact) mass is 233 g/mol. The third-order valence-electron chi connectivity index (χ3n) is 3.23. The van der Waals surface area contributed by atoms with Gasteiger partial charge in [-0.15, -0.1) is 0 Å². The number of rotatable bonds is 2. The van der Waals surface area contributed by atoms with Gasteiger partial charge in [0, 0.05) is 12.3 Å². The Bertz CT molecular complexity index is 411. The molecular formula is C14H19NO2. The zero-order chi connectivity index (χ0) is 12.4. The van der Waals surface area contributed by atoms with E-state index in [1.807, 2.05) is 13.8 Å². The summed E-state index contributed by atoms with van der Waals surface area (Å²) in [6.07, 6.45) is 0.829. The second kappa shape index (κ2) is 4.88. The van der Waals surface area contributed by atoms with Gasteiger partial charge in [0.25, 0.3) is 0 Å². The Morgan fingerprint density at radius 1 is 1.29 bits per heavy atom. The van der Waals surface area contributed by atoms with Crippen LogP contribution in [0.4, 0.5) is 5.69 Å². The van der Waals surface area contributed by atoms with Crippen LogP contribution in [-0.2, 0) is 9.53 Å². The molecule has 1 amide bonds. The first-order valence-corrected chi connectivity index (χ1v) is 6.04. The van der Waals surface area contributed by atoms with Crippen LogP contribution in [0.5, 0.6) is 0 Å². The smallest absolute Gasteiger partial charge is 0.229 e. The van der Waals surface area contributed by atoms with Crippen molar-refractivity contribution in [2.75, 3.05) is 18.5 Å². The predicted molar refractivity (Wildman–Crippen MR) is 68.2 cm³/mol. The molecule has 1 aliphatic heterocycles. The molecular weight excluding hydrogens is 214 g/mol. The minimum Gasteiger partial charge on any atom is -0.381 e. The van der Waals surface area contributed by atoms with Crippen molar-refractivity contribution in [3.05, 3.63) is 28.8 Å². The van der Waals surface area contributed by atoms with E-state index < -0.39 is 0 Å². The van der Waals surface area contributed by atoms with Crippen LogP contribution in [0.3, 0.4) is 0 Å². The highest BCUT2D eigenvalue weighted by atomic mass is 16.5. The lowest BCUT2D eigenvalue weighted by Crippen LogP contribution is -2.23. The van der Waals surface area contributed by atoms with E-state index in [9.17, 15) is 4.79 Å². The van der Waals surface area contributed by atoms with Gasteiger partial charge in [-0.05, 0) is 38.3 Å². The topological polar surface area (TPSA) is 38.3 Å². The molecule has 1 fully saturated rings. The van der Waals surface area contributed by atoms with Gasteiger partial charge >= 0.3 is 0 Å². The molecule has 0 spiro atoms. The van der Waals surface area contributed by atoms with Crippen LogP contribution in [0.25, 0.3) is 0 Å². The van der Waals surface area contributed by atoms with Crippen molar-refractivity contribution in [2.45, 2.75) is 27.2 Å². The molecule has 2 rings (SSSR count). The first kappa shape index (κ1) is 12.1. The van der Waals surface area contributed by atoms with Gasteiger partial charge in [-0.1, -0.05) is 17.7 Å². The van der Waals surface area contributed by atoms with Gasteiger partial charge in [0.15, 0.2) is 0 Å². The van der Waals surface area contributed by atoms with E-state index in [1.165, 1.54) is 5.56 Å². The van der Waals surface area contributed by atoms with Crippen LogP contribution in [0.2, 0.25) is 0 Å². The summed E-state index contributed by atoms with van der Waals surface area (Å²) in [5.74, 6) is 0.0904. The maximum atomic E-state index is 12.0. The van der Waals surface area contributed by atoms with Crippen molar-refractivity contribution < 1.29 is 9.53 Å². The average molecular weight is 233 g/mol. The van der Waals surface area contributed by atoms with Crippen LogP contribution in [0.15, 0.2) is 12.1 Å². The number of hydrogen-bond donors (Lipinski definition) is 1. The lowest BCUT2D eigenvalue weighted by Gasteiger charge is -2.15. The highest BCUT2D eigenvalue weighted by Gasteiger charge is 2.24. The molecule has 0 radical (unpaired) electrons. The standard InChI is InChI=1S/C14H19NO2/c1-9-6-10(2)13(11(3)7-9)15-14(16)12-4-5-17-8-12/h6-7,12H,4-5,8H2,1-3H3,(H,15,16). The third-order valence-corrected chi connectivity index (χ3v) is 3.23. The SMILES string of the molecule is Cc1cc(C)c(NC(=O)C2CCOC2)c(C)c1. The van der Waals surface area contributed by atoms with Crippen molar-refractivity contribution in [3.8, 4) is 0 Å². The maximum absolute atomic E-state index is 12.0. The third kappa shape index (κ3) is 2.67. The van der Waals surface area contributed by atoms with Crippen LogP contribution in [0.1, 0.15) is 23.1 Å². The summed E-state index contributed by atoms with van der Waals surface area (Å²) in [4.78, 5) is 12.0. The molecule has 1 aromatic carbocycles. The van der Waals surface area contributed by atoms with Crippen LogP contribution >= 0.6 is 0 Å². The van der Waals surface area contributed by atoms with Gasteiger partial charge in [-0.25, -0.2) is 0 Å². The van der Waals surface area contributed by atoms with Gasteiger partial charge in [-0.2, -0.15) is 0 Å². The summed E-state index contributed by atoms with van der Waals surface area (Å²) in [6.45, 7) is 7.37. The number of benzene rings is 1. The molecule has 1 unspecified atom stereocenters. The number of anilines is 1. The summed E-state index contributed by atoms with van der Waals surface area (Å²) in [5, 5.41) is 3.03. The number of ether oxygens (including phenoxy) is 1. The van der Waals surface area contributed by atoms with E-state index in [1.54, 1.807) is 0 Å². The minimum absolute atomic E-state index is 0.00935. The van der Waals surface area contributed by atoms with E-state index in [-0.39, 0.29) is 11.8 Å². The predicted octanol–water partition coefficient (Wildman–Crippen LogP) is 2.59. The van der Waals surface area contributed by atoms with E-state index in [0.717, 1.165) is 23.2 Å². The summed E-state index contributed by atoms with van der Waals surface area (Å²) in [7, 11) is 0. The maximum Gasteiger partial charge on any atom is 0.229 e. The van der Waals surface area contributed by atoms with E-state index in [2.05, 4.69) is 24.4 Å². The first-order valence-electron chi connectivity index (χ1n) is 6.04. The number of carbonyl (C=O) groups excluding carboxylic acids is 1. The molecule has 0 saturated carbocycles. The van der Waals surface area contributed by atoms with Gasteiger partial charge in [0.2, 0.25) is 5.91 Å². The van der Waals surface area contributed by atoms with Gasteiger partial charge in [-0.3, -0.25) is 4.79 Å². The fourth-order valence-corrected chi connectivity index (χ4v) is 2.34. The first-order chi connectivity index (χ1) is 8.08. The van der Waals surface area contributed by atoms with Gasteiger partial charge < -0.3 is 10.1 Å². The van der Waals surface area contributed by atoms with Gasteiger partial charge in [0.05, 0.1) is 12.5 Å². The van der Waals surface area contributed by atoms with E-state index in [0.29, 0.717) is 13.2 Å². The molecule has 0 bridgehead atoms. The molecule has 1 N–H and O–H groups in total. The average Bonchev–Trinajstić information content (AvgIpc) is 2.76. The second-order valence-corrected chi connectivity index (χ2v) is 4.82. The van der Waals surface area contributed by atoms with Crippen LogP contribution < -0.4 is 5.32 Å². The highest BCUT2D eigenvalue weighted by molar-refractivity contribution is 5.94. The molecule has 1 heterocycles. The summed E-state index contributed by atoms with van der Waals surface area (Å²) in [5.41, 5.74) is 4.42. The number of nitrogens with one attached hydrogen (secondary N) is 1. The Balaban J connectivity index is 2.15. The van der Waals surface area contributed by atoms with Crippen LogP contribution in [0, 0.1) is 26.7 Å². The Labute approximate surface area is 102 Å². The second-order valence-electron chi connectivity index (χ2n) is 4.82. The van der Waals surface area contributed by atoms with E-state index in [4.69, 9.17) is 4.74 Å². The fraction of sp³-hybridized carbons (Fsp3) is 0.500. The quantitative estimate of drug-likeness (QED) is 0.852. The Hall–Kier alpha value is -1.35. The Morgan fingerprint density at radius 3 is 2.47 bits per heavy atom. The molecule has 0 aromatic heterocycles. The molecule has 1 atom stereocenters. The number of amides is 1. The highest BCUT2D eigenvalue weighted by Crippen LogP contribution is 2.23. The van der Waals surface area contributed by atoms with Crippen LogP contribution in [-0.4, -0.2) is 19.1 Å². The molecule has 1 aromatic rings. The molecule has 0 aliphatic carbocycles. The van der Waals surface area contributed by atoms with Crippen molar-refractivity contribution >= 4 is 11.6 Å². The Kier molecular flexibility index (Phi) is 3.48. The number of aryl methyl sites for hydroxylation is 3. The lowest BCUT2D eigenvalue weighted by atomic mass is 10.0. The molecule has 17 heavy (non-hydrogen) atoms. The van der Waals surface area contributed by atoms with Gasteiger partial charge in [0.1, 0.15) is 0 Å². The largest absolute Gasteiger partial charge is 0.381 e. The number of carbonyl (C=O) groups is 1. The molecule has 1 saturated heterocycles. The Morgan fingerprint density at radius 2 is 1.94 bits per heavy atom. The van der Waals surface area contributed by atoms with E-state index >= 15 is 0 Å². The summed E-state index contributed by atoms with van der Waals surface area (Å²) >= 11 is 0. The molecule has 1 aliphatic rings. The lowest BCUT2D eigenvalue weighted by molar-refractivity contribution is -0.119. The molecule has 92 valence electrons. The summed E-state index contributed by atoms with van der Waals surface area (Å²) in [6, 6.07) is 4.18. The van der Waals surface area contributed by atoms with Crippen molar-refractivity contribution in [2.24, 2.45) is 5.92 Å². The molecule has 3 heteroatoms. The number of hydrogen-bond acceptors (Lipinski definition) is 2. The normalized spacial score (nSPS) is 19.4. The zero-order valence-electron chi connectivity index (χ0n) is 10.7. The minimum atomic E-state index is 0.00935. The van der Waals surface area contributed by atoms with Crippen molar-refractivity contribution in [1.29, 1.82) is 0 Å². The zero-order valence-corrected chi connectivity index (χ0v) is 10.7. The van der Waals surface area contributed by atoms with Crippen molar-refractivity contribution in [3.63, 3.8) is 0 Å². The van der Waals surface area contributed by atoms with Crippen molar-refractivity contribution in [1.82, 2.24) is 0 Å². The molecule has 3 nitrogen and oxygen atoms in total.